The van der Waals surface area contributed by atoms with E-state index in [2.05, 4.69) is 323 Å². The maximum atomic E-state index is 5.71. The number of rotatable bonds is 50. The Morgan fingerprint density at radius 1 is 0.222 bits per heavy atom. The topological polar surface area (TPSA) is 319 Å². The van der Waals surface area contributed by atoms with Crippen LogP contribution in [0.2, 0.25) is 0 Å². The minimum absolute atomic E-state index is 0.0530. The van der Waals surface area contributed by atoms with Crippen LogP contribution < -0.4 is 115 Å². The molecule has 0 aromatic carbocycles. The fourth-order valence-corrected chi connectivity index (χ4v) is 22.6. The van der Waals surface area contributed by atoms with E-state index in [-0.39, 0.29) is 103 Å². The summed E-state index contributed by atoms with van der Waals surface area (Å²) in [5.41, 5.74) is 23.5. The number of piperidine rings is 6. The van der Waals surface area contributed by atoms with Gasteiger partial charge < -0.3 is 52.8 Å². The Morgan fingerprint density at radius 3 is 0.619 bits per heavy atom. The Balaban J connectivity index is 1.08. The fourth-order valence-electron chi connectivity index (χ4n) is 22.6. The molecule has 15 N–H and O–H groups in total. The summed E-state index contributed by atoms with van der Waals surface area (Å²) >= 11 is 0. The van der Waals surface area contributed by atoms with Crippen molar-refractivity contribution in [2.45, 2.75) is 477 Å². The van der Waals surface area contributed by atoms with Gasteiger partial charge in [0.05, 0.1) is 0 Å². The van der Waals surface area contributed by atoms with Crippen LogP contribution in [-0.4, -0.2) is 226 Å². The second-order valence-corrected chi connectivity index (χ2v) is 46.8. The number of aromatic nitrogens is 9. The monoisotopic (exact) mass is 1760 g/mol. The summed E-state index contributed by atoms with van der Waals surface area (Å²) in [6.45, 7) is 77.8. The first kappa shape index (κ1) is 104. The van der Waals surface area contributed by atoms with Gasteiger partial charge in [-0.15, -0.1) is 0 Å². The van der Waals surface area contributed by atoms with E-state index in [4.69, 9.17) is 44.9 Å². The molecule has 6 aliphatic rings. The summed E-state index contributed by atoms with van der Waals surface area (Å²) in [6, 6.07) is 1.12. The summed E-state index contributed by atoms with van der Waals surface area (Å²) < 4.78 is 0. The lowest BCUT2D eigenvalue weighted by molar-refractivity contribution is 0.143. The molecular weight excluding hydrogens is 1580 g/mol. The van der Waals surface area contributed by atoms with E-state index in [1.807, 2.05) is 0 Å². The molecular formula is C95H187N31. The van der Waals surface area contributed by atoms with Crippen molar-refractivity contribution in [1.29, 1.82) is 0 Å². The Kier molecular flexibility index (Phi) is 36.9. The van der Waals surface area contributed by atoms with Crippen LogP contribution in [0.1, 0.15) is 375 Å². The number of hydrogen-bond donors (Lipinski definition) is 15. The van der Waals surface area contributed by atoms with Crippen molar-refractivity contribution in [3.8, 4) is 0 Å². The van der Waals surface area contributed by atoms with Gasteiger partial charge >= 0.3 is 0 Å². The van der Waals surface area contributed by atoms with Gasteiger partial charge in [-0.2, -0.15) is 44.9 Å². The third-order valence-corrected chi connectivity index (χ3v) is 25.4. The van der Waals surface area contributed by atoms with E-state index in [1.165, 1.54) is 0 Å². The van der Waals surface area contributed by atoms with Gasteiger partial charge in [0.25, 0.3) is 0 Å². The van der Waals surface area contributed by atoms with Gasteiger partial charge in [-0.25, -0.2) is 32.6 Å². The van der Waals surface area contributed by atoms with Crippen molar-refractivity contribution >= 4 is 53.5 Å². The van der Waals surface area contributed by atoms with Gasteiger partial charge in [0.1, 0.15) is 0 Å². The summed E-state index contributed by atoms with van der Waals surface area (Å²) in [7, 11) is 0. The molecule has 3 aromatic rings. The quantitative estimate of drug-likeness (QED) is 0.0184. The predicted molar refractivity (Wildman–Crippen MR) is 529 cm³/mol. The van der Waals surface area contributed by atoms with Crippen LogP contribution in [0.3, 0.4) is 0 Å². The first-order valence-electron chi connectivity index (χ1n) is 50.0. The summed E-state index contributed by atoms with van der Waals surface area (Å²) in [4.78, 5) is 52.0. The lowest BCUT2D eigenvalue weighted by Gasteiger charge is -2.48. The summed E-state index contributed by atoms with van der Waals surface area (Å²) in [5, 5.41) is 48.6. The highest BCUT2D eigenvalue weighted by Gasteiger charge is 2.46. The lowest BCUT2D eigenvalue weighted by atomic mass is 9.80. The van der Waals surface area contributed by atoms with Gasteiger partial charge in [-0.1, -0.05) is 80.1 Å². The number of hydrazine groups is 6. The molecule has 0 saturated carbocycles. The molecule has 31 nitrogen and oxygen atoms in total. The second kappa shape index (κ2) is 44.5. The molecule has 126 heavy (non-hydrogen) atoms. The van der Waals surface area contributed by atoms with Crippen LogP contribution in [0.15, 0.2) is 0 Å². The van der Waals surface area contributed by atoms with Crippen molar-refractivity contribution in [3.05, 3.63) is 0 Å². The molecule has 6 aliphatic heterocycles. The van der Waals surface area contributed by atoms with Crippen LogP contribution >= 0.6 is 0 Å². The molecule has 9 heterocycles. The summed E-state index contributed by atoms with van der Waals surface area (Å²) in [5.74, 6) is 5.54. The summed E-state index contributed by atoms with van der Waals surface area (Å²) in [6.07, 6.45) is 25.0. The van der Waals surface area contributed by atoms with Gasteiger partial charge in [0.15, 0.2) is 0 Å². The first-order chi connectivity index (χ1) is 58.8. The van der Waals surface area contributed by atoms with Crippen molar-refractivity contribution in [2.24, 2.45) is 0 Å². The molecule has 0 atom stereocenters. The number of nitrogens with one attached hydrogen (secondary N) is 15. The van der Waals surface area contributed by atoms with Crippen molar-refractivity contribution in [2.75, 3.05) is 124 Å². The van der Waals surface area contributed by atoms with Crippen LogP contribution in [0.4, 0.5) is 53.5 Å². The number of unbranched alkanes of at least 4 members (excludes halogenated alkanes) is 6. The van der Waals surface area contributed by atoms with Crippen LogP contribution in [-0.2, 0) is 0 Å². The molecule has 0 unspecified atom stereocenters. The maximum absolute atomic E-state index is 5.71. The van der Waals surface area contributed by atoms with E-state index >= 15 is 0 Å². The van der Waals surface area contributed by atoms with E-state index in [9.17, 15) is 0 Å². The molecule has 722 valence electrons. The van der Waals surface area contributed by atoms with E-state index in [0.717, 1.165) is 206 Å². The van der Waals surface area contributed by atoms with E-state index < -0.39 is 0 Å². The minimum atomic E-state index is -0.0908. The molecule has 0 spiro atoms. The third-order valence-electron chi connectivity index (χ3n) is 25.4. The minimum Gasteiger partial charge on any atom is -0.354 e. The van der Waals surface area contributed by atoms with Gasteiger partial charge in [0.2, 0.25) is 53.5 Å². The fraction of sp³-hybridized carbons (Fsp3) is 0.905. The number of anilines is 9. The average Bonchev–Trinajstić information content (AvgIpc) is 0.792. The van der Waals surface area contributed by atoms with E-state index in [1.54, 1.807) is 0 Å². The molecule has 31 heteroatoms. The number of nitrogens with zero attached hydrogens (tertiary/aromatic N) is 16. The SMILES string of the molecule is CCCCN(NC1CC(C)(C)NC(C)(C)C1)c1nc(NCCCNCCN(CCCNc2nc(N(CCCC)NC3CC(C)(C)NC(C)(C)C3)nc(N(CCCC)NC3CC(C)(C)NC(C)(C)C3)n2)c2nc(N(CCCC)NC3CC(C)(C)NC(C)(C)C3)nc(N(CCCC)NC3CC(C)(C)NC(C)(C)C3)n2)nc(N(CCCC)NC2CC(C)(C)NC(C)(C)C2)n1. The van der Waals surface area contributed by atoms with Gasteiger partial charge in [-0.3, -0.25) is 30.1 Å². The van der Waals surface area contributed by atoms with Crippen molar-refractivity contribution < 1.29 is 0 Å². The molecule has 6 saturated heterocycles. The average molecular weight is 1760 g/mol. The second-order valence-electron chi connectivity index (χ2n) is 46.8. The largest absolute Gasteiger partial charge is 0.354 e. The molecule has 3 aromatic heterocycles. The smallest absolute Gasteiger partial charge is 0.246 e. The van der Waals surface area contributed by atoms with Gasteiger partial charge in [0, 0.05) is 175 Å². The van der Waals surface area contributed by atoms with Gasteiger partial charge in [-0.05, 0) is 301 Å². The Morgan fingerprint density at radius 2 is 0.413 bits per heavy atom. The zero-order valence-electron chi connectivity index (χ0n) is 85.5. The highest BCUT2D eigenvalue weighted by molar-refractivity contribution is 5.49. The zero-order chi connectivity index (χ0) is 92.5. The standard InChI is InChI=1S/C95H187N31/c1-31-37-50-121(108-69-57-84(7,8)114-85(9,10)58-69)78-99-75(100-79(105-78)122(51-38-32-2)109-70-59-86(11,12)115-87(13,14)60-70)97-46-43-45-96-48-56-120(77-103-82(125(54-41-35-5)112-73-65-92(23,24)118-93(25,26)66-73)107-83(104-77)126(55-42-36-6)113-74-67-94(27,28)119-95(29,30)68-74)49-44-47-98-76-101-80(123(52-39-33-3)110-71-61-88(15,16)116-89(17,18)62-71)106-81(102-76)124(53-40-34-4)111-72-63-90(19,20)117-91(21,22)64-72/h69-74,96,108-119H,31-68H2,1-30H3,(H,97,99,100,105)(H,98,101,102,106). The van der Waals surface area contributed by atoms with Crippen molar-refractivity contribution in [1.82, 2.24) is 115 Å². The predicted octanol–water partition coefficient (Wildman–Crippen LogP) is 14.2. The molecule has 6 fully saturated rings. The van der Waals surface area contributed by atoms with Crippen molar-refractivity contribution in [3.63, 3.8) is 0 Å². The maximum Gasteiger partial charge on any atom is 0.246 e. The Labute approximate surface area is 765 Å². The number of hydrogen-bond acceptors (Lipinski definition) is 31. The Hall–Kier alpha value is -5.29. The third kappa shape index (κ3) is 34.1. The molecule has 0 bridgehead atoms. The first-order valence-corrected chi connectivity index (χ1v) is 50.0. The van der Waals surface area contributed by atoms with Crippen LogP contribution in [0.5, 0.6) is 0 Å². The molecule has 0 amide bonds. The van der Waals surface area contributed by atoms with E-state index in [0.29, 0.717) is 92.7 Å². The highest BCUT2D eigenvalue weighted by atomic mass is 15.6. The molecule has 0 aliphatic carbocycles. The highest BCUT2D eigenvalue weighted by Crippen LogP contribution is 2.37. The zero-order valence-corrected chi connectivity index (χ0v) is 85.5. The van der Waals surface area contributed by atoms with Crippen LogP contribution in [0.25, 0.3) is 0 Å². The normalized spacial score (nSPS) is 22.0. The van der Waals surface area contributed by atoms with Crippen LogP contribution in [0, 0.1) is 0 Å². The Bertz CT molecular complexity index is 3460. The molecule has 0 radical (unpaired) electrons. The lowest BCUT2D eigenvalue weighted by Crippen LogP contribution is -2.64. The molecule has 9 rings (SSSR count).